The topological polar surface area (TPSA) is 26.3 Å². The van der Waals surface area contributed by atoms with Gasteiger partial charge in [0.05, 0.1) is 0 Å². The van der Waals surface area contributed by atoms with Crippen LogP contribution >= 0.6 is 0 Å². The summed E-state index contributed by atoms with van der Waals surface area (Å²) in [6.45, 7) is 15.0. The molecule has 2 heteroatoms. The number of unbranched alkanes of at least 4 members (excludes halogenated alkanes) is 5. The summed E-state index contributed by atoms with van der Waals surface area (Å²) in [5.41, 5.74) is 1.07. The van der Waals surface area contributed by atoms with E-state index in [1.165, 1.54) is 96.3 Å². The first-order chi connectivity index (χ1) is 18.2. The zero-order valence-electron chi connectivity index (χ0n) is 26.4. The van der Waals surface area contributed by atoms with Gasteiger partial charge in [-0.3, -0.25) is 4.79 Å². The fourth-order valence-electron chi connectivity index (χ4n) is 10.6. The van der Waals surface area contributed by atoms with Gasteiger partial charge < -0.3 is 4.74 Å². The molecular weight excluding hydrogens is 464 g/mol. The van der Waals surface area contributed by atoms with Crippen LogP contribution in [-0.4, -0.2) is 12.1 Å². The standard InChI is InChI=1S/C36H64O2/c1-7-8-9-10-11-12-16-34(37)38-29-21-23-35(5)28(25-29)17-18-30-32-20-19-31(27(4)15-13-14-26(2)3)36(32,6)24-22-33(30)35/h26-33H,7-25H2,1-6H3/t27-,28?,29+,30?,31-,32+,33+,35+,36-/m1/s1. The van der Waals surface area contributed by atoms with Gasteiger partial charge in [0, 0.05) is 6.42 Å². The number of hydrogen-bond donors (Lipinski definition) is 0. The van der Waals surface area contributed by atoms with Crippen molar-refractivity contribution in [1.29, 1.82) is 0 Å². The number of rotatable bonds is 13. The monoisotopic (exact) mass is 528 g/mol. The average molecular weight is 529 g/mol. The van der Waals surface area contributed by atoms with Gasteiger partial charge in [-0.25, -0.2) is 0 Å². The third kappa shape index (κ3) is 6.67. The lowest BCUT2D eigenvalue weighted by Gasteiger charge is -2.61. The fraction of sp³-hybridized carbons (Fsp3) is 0.972. The van der Waals surface area contributed by atoms with Crippen LogP contribution in [0.15, 0.2) is 0 Å². The normalized spacial score (nSPS) is 39.3. The van der Waals surface area contributed by atoms with E-state index in [2.05, 4.69) is 41.5 Å². The van der Waals surface area contributed by atoms with Crippen molar-refractivity contribution in [2.45, 2.75) is 170 Å². The molecule has 220 valence electrons. The summed E-state index contributed by atoms with van der Waals surface area (Å²) < 4.78 is 6.08. The maximum absolute atomic E-state index is 12.6. The molecule has 0 bridgehead atoms. The van der Waals surface area contributed by atoms with Gasteiger partial charge >= 0.3 is 5.97 Å². The second kappa shape index (κ2) is 13.4. The second-order valence-corrected chi connectivity index (χ2v) is 15.6. The summed E-state index contributed by atoms with van der Waals surface area (Å²) in [4.78, 5) is 12.6. The Balaban J connectivity index is 1.28. The first-order valence-corrected chi connectivity index (χ1v) is 17.4. The van der Waals surface area contributed by atoms with Gasteiger partial charge in [-0.05, 0) is 116 Å². The summed E-state index contributed by atoms with van der Waals surface area (Å²) in [7, 11) is 0. The van der Waals surface area contributed by atoms with Crippen molar-refractivity contribution in [3.63, 3.8) is 0 Å². The van der Waals surface area contributed by atoms with Crippen molar-refractivity contribution >= 4 is 5.97 Å². The Bertz CT molecular complexity index is 744. The second-order valence-electron chi connectivity index (χ2n) is 15.6. The number of ether oxygens (including phenoxy) is 1. The molecule has 0 radical (unpaired) electrons. The highest BCUT2D eigenvalue weighted by Gasteiger charge is 2.60. The predicted molar refractivity (Wildman–Crippen MR) is 161 cm³/mol. The zero-order chi connectivity index (χ0) is 27.3. The Morgan fingerprint density at radius 3 is 2.26 bits per heavy atom. The molecule has 0 spiro atoms. The van der Waals surface area contributed by atoms with Gasteiger partial charge in [0.2, 0.25) is 0 Å². The minimum atomic E-state index is 0.0794. The maximum atomic E-state index is 12.6. The molecule has 9 atom stereocenters. The Morgan fingerprint density at radius 1 is 0.789 bits per heavy atom. The first kappa shape index (κ1) is 30.4. The van der Waals surface area contributed by atoms with Crippen molar-refractivity contribution < 1.29 is 9.53 Å². The minimum absolute atomic E-state index is 0.0794. The summed E-state index contributed by atoms with van der Waals surface area (Å²) in [5.74, 6) is 6.37. The molecule has 2 nitrogen and oxygen atoms in total. The molecule has 38 heavy (non-hydrogen) atoms. The molecule has 0 aliphatic heterocycles. The molecule has 4 rings (SSSR count). The number of carbonyl (C=O) groups is 1. The third-order valence-corrected chi connectivity index (χ3v) is 12.9. The quantitative estimate of drug-likeness (QED) is 0.175. The predicted octanol–water partition coefficient (Wildman–Crippen LogP) is 10.8. The van der Waals surface area contributed by atoms with Crippen molar-refractivity contribution in [3.8, 4) is 0 Å². The molecule has 0 aromatic heterocycles. The molecule has 4 aliphatic carbocycles. The van der Waals surface area contributed by atoms with Crippen LogP contribution in [-0.2, 0) is 9.53 Å². The van der Waals surface area contributed by atoms with E-state index in [1.54, 1.807) is 0 Å². The molecule has 4 saturated carbocycles. The van der Waals surface area contributed by atoms with Gasteiger partial charge in [-0.15, -0.1) is 0 Å². The minimum Gasteiger partial charge on any atom is -0.462 e. The summed E-state index contributed by atoms with van der Waals surface area (Å²) in [5, 5.41) is 0. The highest BCUT2D eigenvalue weighted by molar-refractivity contribution is 5.69. The lowest BCUT2D eigenvalue weighted by molar-refractivity contribution is -0.162. The van der Waals surface area contributed by atoms with Gasteiger partial charge in [0.1, 0.15) is 6.10 Å². The largest absolute Gasteiger partial charge is 0.462 e. The first-order valence-electron chi connectivity index (χ1n) is 17.4. The van der Waals surface area contributed by atoms with Gasteiger partial charge in [-0.2, -0.15) is 0 Å². The van der Waals surface area contributed by atoms with Gasteiger partial charge in [-0.1, -0.05) is 92.9 Å². The Labute approximate surface area is 237 Å². The van der Waals surface area contributed by atoms with E-state index in [1.807, 2.05) is 0 Å². The lowest BCUT2D eigenvalue weighted by atomic mass is 9.44. The maximum Gasteiger partial charge on any atom is 0.306 e. The van der Waals surface area contributed by atoms with E-state index in [4.69, 9.17) is 4.74 Å². The summed E-state index contributed by atoms with van der Waals surface area (Å²) in [6, 6.07) is 0. The van der Waals surface area contributed by atoms with Crippen molar-refractivity contribution in [1.82, 2.24) is 0 Å². The molecule has 0 N–H and O–H groups in total. The molecule has 2 unspecified atom stereocenters. The molecule has 0 saturated heterocycles. The van der Waals surface area contributed by atoms with Gasteiger partial charge in [0.25, 0.3) is 0 Å². The summed E-state index contributed by atoms with van der Waals surface area (Å²) in [6.07, 6.45) is 24.7. The molecule has 0 aromatic rings. The molecule has 0 amide bonds. The van der Waals surface area contributed by atoms with Crippen LogP contribution in [0.25, 0.3) is 0 Å². The highest BCUT2D eigenvalue weighted by atomic mass is 16.5. The van der Waals surface area contributed by atoms with E-state index in [0.29, 0.717) is 17.3 Å². The Morgan fingerprint density at radius 2 is 1.50 bits per heavy atom. The van der Waals surface area contributed by atoms with Crippen molar-refractivity contribution in [2.24, 2.45) is 52.3 Å². The van der Waals surface area contributed by atoms with E-state index < -0.39 is 0 Å². The van der Waals surface area contributed by atoms with E-state index in [9.17, 15) is 4.79 Å². The molecule has 0 heterocycles. The van der Waals surface area contributed by atoms with Crippen LogP contribution in [0.4, 0.5) is 0 Å². The van der Waals surface area contributed by atoms with Crippen LogP contribution in [0, 0.1) is 52.3 Å². The van der Waals surface area contributed by atoms with E-state index in [-0.39, 0.29) is 12.1 Å². The third-order valence-electron chi connectivity index (χ3n) is 12.9. The van der Waals surface area contributed by atoms with Crippen LogP contribution in [0.5, 0.6) is 0 Å². The van der Waals surface area contributed by atoms with Crippen LogP contribution < -0.4 is 0 Å². The SMILES string of the molecule is CCCCCCCCC(=O)O[C@H]1CC[C@@]2(C)C(CCC3[C@@H]4CC[C@H]([C@H](C)CCCC(C)C)[C@@]4(C)CC[C@@H]32)C1. The van der Waals surface area contributed by atoms with Crippen molar-refractivity contribution in [3.05, 3.63) is 0 Å². The van der Waals surface area contributed by atoms with E-state index in [0.717, 1.165) is 60.7 Å². The Kier molecular flexibility index (Phi) is 10.7. The van der Waals surface area contributed by atoms with Crippen LogP contribution in [0.2, 0.25) is 0 Å². The molecule has 0 aromatic carbocycles. The van der Waals surface area contributed by atoms with Crippen LogP contribution in [0.1, 0.15) is 164 Å². The molecule has 4 fully saturated rings. The highest BCUT2D eigenvalue weighted by Crippen LogP contribution is 2.68. The number of fused-ring (bicyclic) bond motifs is 5. The molecule has 4 aliphatic rings. The van der Waals surface area contributed by atoms with Crippen molar-refractivity contribution in [2.75, 3.05) is 0 Å². The molecular formula is C36H64O2. The smallest absolute Gasteiger partial charge is 0.306 e. The number of hydrogen-bond acceptors (Lipinski definition) is 2. The summed E-state index contributed by atoms with van der Waals surface area (Å²) >= 11 is 0. The average Bonchev–Trinajstić information content (AvgIpc) is 3.23. The number of esters is 1. The lowest BCUT2D eigenvalue weighted by Crippen LogP contribution is -2.54. The number of carbonyl (C=O) groups excluding carboxylic acids is 1. The Hall–Kier alpha value is -0.530. The van der Waals surface area contributed by atoms with Crippen LogP contribution in [0.3, 0.4) is 0 Å². The fourth-order valence-corrected chi connectivity index (χ4v) is 10.6. The zero-order valence-corrected chi connectivity index (χ0v) is 26.4. The van der Waals surface area contributed by atoms with E-state index >= 15 is 0 Å². The van der Waals surface area contributed by atoms with Gasteiger partial charge in [0.15, 0.2) is 0 Å².